The highest BCUT2D eigenvalue weighted by atomic mass is 35.5. The summed E-state index contributed by atoms with van der Waals surface area (Å²) in [6, 6.07) is 1.22. The number of nitrogens with zero attached hydrogens (tertiary/aromatic N) is 2. The van der Waals surface area contributed by atoms with Crippen LogP contribution < -0.4 is 25.8 Å². The quantitative estimate of drug-likeness (QED) is 0.289. The molecule has 6 N–H and O–H groups in total. The van der Waals surface area contributed by atoms with E-state index in [2.05, 4.69) is 15.0 Å². The van der Waals surface area contributed by atoms with E-state index in [9.17, 15) is 28.6 Å². The second-order valence-electron chi connectivity index (χ2n) is 7.69. The molecule has 3 amide bonds. The number of hydrogen-bond acceptors (Lipinski definition) is 9. The summed E-state index contributed by atoms with van der Waals surface area (Å²) in [6.45, 7) is 1.21. The van der Waals surface area contributed by atoms with Crippen molar-refractivity contribution in [2.45, 2.75) is 31.7 Å². The van der Waals surface area contributed by atoms with Crippen molar-refractivity contribution < 1.29 is 38.1 Å². The highest BCUT2D eigenvalue weighted by Gasteiger charge is 2.28. The van der Waals surface area contributed by atoms with Crippen molar-refractivity contribution in [2.24, 2.45) is 5.73 Å². The van der Waals surface area contributed by atoms with Gasteiger partial charge in [-0.25, -0.2) is 18.4 Å². The molecule has 0 aliphatic carbocycles. The first kappa shape index (κ1) is 26.8. The van der Waals surface area contributed by atoms with Crippen LogP contribution in [0.3, 0.4) is 0 Å². The highest BCUT2D eigenvalue weighted by molar-refractivity contribution is 7.11. The smallest absolute Gasteiger partial charge is 0.410 e. The number of β-amino-alcohol motifs (C(OH)–C–C–N with tert-alkyl or cyclic N) is 2. The third kappa shape index (κ3) is 7.60. The Hall–Kier alpha value is -2.78. The van der Waals surface area contributed by atoms with E-state index >= 15 is 0 Å². The van der Waals surface area contributed by atoms with E-state index in [1.807, 2.05) is 4.90 Å². The first-order chi connectivity index (χ1) is 16.6. The second kappa shape index (κ2) is 12.3. The number of nitrogens with one attached hydrogen (secondary N) is 2. The number of nitrogens with two attached hydrogens (primary N) is 1. The number of carbonyl (C=O) groups is 2. The van der Waals surface area contributed by atoms with Crippen LogP contribution in [0, 0.1) is 11.6 Å². The van der Waals surface area contributed by atoms with Crippen molar-refractivity contribution in [3.8, 4) is 11.6 Å². The lowest BCUT2D eigenvalue weighted by atomic mass is 10.2. The van der Waals surface area contributed by atoms with Crippen LogP contribution in [0.15, 0.2) is 12.1 Å². The first-order valence-corrected chi connectivity index (χ1v) is 11.7. The Morgan fingerprint density at radius 3 is 2.51 bits per heavy atom. The molecule has 11 nitrogen and oxygen atoms in total. The summed E-state index contributed by atoms with van der Waals surface area (Å²) >= 11 is 6.31. The maximum atomic E-state index is 14.0. The van der Waals surface area contributed by atoms with Gasteiger partial charge in [-0.15, -0.1) is 4.37 Å². The molecule has 0 spiro atoms. The normalized spacial score (nSPS) is 17.9. The number of aliphatic hydroxyl groups excluding tert-OH is 2. The fraction of sp³-hybridized carbons (Fsp3) is 0.450. The van der Waals surface area contributed by atoms with Crippen LogP contribution in [-0.4, -0.2) is 70.0 Å². The molecule has 0 saturated carbocycles. The number of hydrogen-bond donors (Lipinski definition) is 5. The van der Waals surface area contributed by atoms with Crippen LogP contribution in [0.2, 0.25) is 5.02 Å². The van der Waals surface area contributed by atoms with Gasteiger partial charge in [0.15, 0.2) is 5.00 Å². The molecule has 0 bridgehead atoms. The topological polar surface area (TPSA) is 159 Å². The molecule has 2 unspecified atom stereocenters. The van der Waals surface area contributed by atoms with E-state index in [0.717, 1.165) is 18.6 Å². The predicted octanol–water partition coefficient (Wildman–Crippen LogP) is 2.05. The van der Waals surface area contributed by atoms with Crippen molar-refractivity contribution in [1.29, 1.82) is 0 Å². The third-order valence-electron chi connectivity index (χ3n) is 5.03. The lowest BCUT2D eigenvalue weighted by Gasteiger charge is -2.14. The van der Waals surface area contributed by atoms with Gasteiger partial charge in [-0.1, -0.05) is 11.6 Å². The molecule has 1 fully saturated rings. The molecule has 192 valence electrons. The fourth-order valence-corrected chi connectivity index (χ4v) is 4.17. The summed E-state index contributed by atoms with van der Waals surface area (Å²) < 4.78 is 42.0. The van der Waals surface area contributed by atoms with E-state index in [4.69, 9.17) is 26.8 Å². The fourth-order valence-electron chi connectivity index (χ4n) is 3.32. The van der Waals surface area contributed by atoms with Gasteiger partial charge >= 0.3 is 12.1 Å². The third-order valence-corrected chi connectivity index (χ3v) is 5.98. The lowest BCUT2D eigenvalue weighted by molar-refractivity contribution is 0.0572. The number of aliphatic hydroxyl groups is 2. The van der Waals surface area contributed by atoms with Crippen LogP contribution in [-0.2, 0) is 6.61 Å². The Morgan fingerprint density at radius 1 is 1.23 bits per heavy atom. The Morgan fingerprint density at radius 2 is 1.89 bits per heavy atom. The number of benzene rings is 1. The number of likely N-dealkylation sites (tertiary alicyclic amines) is 1. The Bertz CT molecular complexity index is 1030. The van der Waals surface area contributed by atoms with E-state index in [1.165, 1.54) is 0 Å². The Balaban J connectivity index is 1.51. The maximum absolute atomic E-state index is 14.0. The molecule has 2 heterocycles. The number of ether oxygens (including phenoxy) is 2. The summed E-state index contributed by atoms with van der Waals surface area (Å²) in [7, 11) is 0. The van der Waals surface area contributed by atoms with Crippen LogP contribution in [0.1, 0.15) is 18.4 Å². The van der Waals surface area contributed by atoms with Gasteiger partial charge in [0, 0.05) is 24.7 Å². The van der Waals surface area contributed by atoms with Crippen molar-refractivity contribution in [3.05, 3.63) is 34.4 Å². The number of halogens is 3. The van der Waals surface area contributed by atoms with Crippen molar-refractivity contribution >= 4 is 40.3 Å². The van der Waals surface area contributed by atoms with E-state index < -0.39 is 48.1 Å². The predicted molar refractivity (Wildman–Crippen MR) is 123 cm³/mol. The largest absolute Gasteiger partial charge is 0.469 e. The van der Waals surface area contributed by atoms with Crippen LogP contribution in [0.4, 0.5) is 23.4 Å². The molecule has 1 aromatic heterocycles. The zero-order valence-corrected chi connectivity index (χ0v) is 19.9. The van der Waals surface area contributed by atoms with Crippen molar-refractivity contribution in [2.75, 3.05) is 31.5 Å². The van der Waals surface area contributed by atoms with Gasteiger partial charge in [-0.2, -0.15) is 0 Å². The molecular weight excluding hydrogens is 512 g/mol. The number of unbranched alkanes of at least 4 members (excludes halogenated alkanes) is 1. The molecule has 1 aliphatic rings. The number of carbonyl (C=O) groups excluding carboxylic acids is 2. The average molecular weight is 536 g/mol. The summed E-state index contributed by atoms with van der Waals surface area (Å²) in [5.74, 6) is -2.47. The summed E-state index contributed by atoms with van der Waals surface area (Å²) in [6.07, 6.45) is -1.33. The number of anilines is 1. The molecule has 3 rings (SSSR count). The molecular formula is C20H24ClF2N5O6S. The SMILES string of the molecule is NC(=O)Oc1c(OCc2c(F)cc(Cl)cc2F)nsc1NC(=O)NCCCCN1CC(O)C(O)C1. The molecule has 1 aliphatic heterocycles. The summed E-state index contributed by atoms with van der Waals surface area (Å²) in [5.41, 5.74) is 4.65. The zero-order valence-electron chi connectivity index (χ0n) is 18.3. The van der Waals surface area contributed by atoms with Crippen molar-refractivity contribution in [3.63, 3.8) is 0 Å². The van der Waals surface area contributed by atoms with Crippen molar-refractivity contribution in [1.82, 2.24) is 14.6 Å². The monoisotopic (exact) mass is 535 g/mol. The van der Waals surface area contributed by atoms with Gasteiger partial charge in [-0.3, -0.25) is 10.2 Å². The molecule has 2 aromatic rings. The number of aromatic nitrogens is 1. The maximum Gasteiger partial charge on any atom is 0.410 e. The minimum Gasteiger partial charge on any atom is -0.469 e. The van der Waals surface area contributed by atoms with Gasteiger partial charge in [-0.05, 0) is 43.1 Å². The lowest BCUT2D eigenvalue weighted by Crippen LogP contribution is -2.30. The standard InChI is InChI=1S/C20H24ClF2N5O6S/c21-10-5-12(22)11(13(23)6-10)9-33-17-16(34-19(24)31)18(35-27-17)26-20(32)25-3-1-2-4-28-7-14(29)15(30)8-28/h5-6,14-15,29-30H,1-4,7-9H2,(H2,24,31)(H2,25,26,32). The van der Waals surface area contributed by atoms with E-state index in [-0.39, 0.29) is 21.7 Å². The summed E-state index contributed by atoms with van der Waals surface area (Å²) in [5, 5.41) is 24.0. The Kier molecular flexibility index (Phi) is 9.40. The number of rotatable bonds is 10. The Labute approximate surface area is 207 Å². The highest BCUT2D eigenvalue weighted by Crippen LogP contribution is 2.39. The molecule has 2 atom stereocenters. The van der Waals surface area contributed by atoms with E-state index in [1.54, 1.807) is 0 Å². The van der Waals surface area contributed by atoms with Crippen LogP contribution in [0.5, 0.6) is 11.6 Å². The zero-order chi connectivity index (χ0) is 25.5. The number of urea groups is 1. The summed E-state index contributed by atoms with van der Waals surface area (Å²) in [4.78, 5) is 25.4. The molecule has 1 aromatic carbocycles. The van der Waals surface area contributed by atoms with Gasteiger partial charge < -0.3 is 30.7 Å². The van der Waals surface area contributed by atoms with Crippen LogP contribution in [0.25, 0.3) is 0 Å². The van der Waals surface area contributed by atoms with Gasteiger partial charge in [0.2, 0.25) is 5.75 Å². The first-order valence-electron chi connectivity index (χ1n) is 10.5. The molecule has 0 radical (unpaired) electrons. The number of primary amides is 1. The minimum absolute atomic E-state index is 0.00612. The molecule has 1 saturated heterocycles. The number of amides is 3. The van der Waals surface area contributed by atoms with Gasteiger partial charge in [0.25, 0.3) is 5.88 Å². The van der Waals surface area contributed by atoms with Gasteiger partial charge in [0.1, 0.15) is 18.2 Å². The molecule has 35 heavy (non-hydrogen) atoms. The average Bonchev–Trinajstić information content (AvgIpc) is 3.28. The van der Waals surface area contributed by atoms with Gasteiger partial charge in [0.05, 0.1) is 17.8 Å². The molecule has 15 heteroatoms. The van der Waals surface area contributed by atoms with Crippen LogP contribution >= 0.6 is 23.1 Å². The minimum atomic E-state index is -1.21. The van der Waals surface area contributed by atoms with E-state index in [0.29, 0.717) is 44.1 Å². The second-order valence-corrected chi connectivity index (χ2v) is 8.90.